The zero-order valence-corrected chi connectivity index (χ0v) is 22.6. The van der Waals surface area contributed by atoms with Crippen molar-refractivity contribution < 1.29 is 9.59 Å². The van der Waals surface area contributed by atoms with Crippen LogP contribution in [-0.2, 0) is 16.6 Å². The lowest BCUT2D eigenvalue weighted by molar-refractivity contribution is -0.134. The van der Waals surface area contributed by atoms with Crippen molar-refractivity contribution in [1.29, 1.82) is 0 Å². The maximum absolute atomic E-state index is 13.8. The lowest BCUT2D eigenvalue weighted by Gasteiger charge is -2.38. The number of benzene rings is 2. The van der Waals surface area contributed by atoms with Crippen LogP contribution in [0.2, 0.25) is 5.02 Å². The SMILES string of the molecule is CC(C)N(CC(=O)N1CCc2sccc2C1c1ccc(C(C)(C)C)cc1)C(=O)c1cccc(Cl)c1. The Morgan fingerprint density at radius 2 is 1.83 bits per heavy atom. The molecule has 0 saturated heterocycles. The maximum Gasteiger partial charge on any atom is 0.254 e. The van der Waals surface area contributed by atoms with E-state index < -0.39 is 0 Å². The summed E-state index contributed by atoms with van der Waals surface area (Å²) in [6.45, 7) is 11.1. The highest BCUT2D eigenvalue weighted by Crippen LogP contribution is 2.38. The van der Waals surface area contributed by atoms with Crippen LogP contribution in [0.25, 0.3) is 0 Å². The van der Waals surface area contributed by atoms with E-state index in [0.29, 0.717) is 17.1 Å². The lowest BCUT2D eigenvalue weighted by Crippen LogP contribution is -2.48. The molecule has 184 valence electrons. The number of rotatable bonds is 5. The van der Waals surface area contributed by atoms with Gasteiger partial charge in [0, 0.05) is 28.0 Å². The van der Waals surface area contributed by atoms with E-state index >= 15 is 0 Å². The Labute approximate surface area is 217 Å². The van der Waals surface area contributed by atoms with E-state index in [1.807, 2.05) is 18.7 Å². The first-order valence-corrected chi connectivity index (χ1v) is 13.3. The van der Waals surface area contributed by atoms with Crippen molar-refractivity contribution in [2.24, 2.45) is 0 Å². The van der Waals surface area contributed by atoms with Gasteiger partial charge < -0.3 is 9.80 Å². The molecule has 2 amide bonds. The first-order chi connectivity index (χ1) is 16.6. The molecule has 35 heavy (non-hydrogen) atoms. The van der Waals surface area contributed by atoms with E-state index in [1.165, 1.54) is 16.0 Å². The molecule has 0 spiro atoms. The fourth-order valence-corrected chi connectivity index (χ4v) is 5.72. The molecule has 0 N–H and O–H groups in total. The molecule has 0 bridgehead atoms. The second-order valence-electron chi connectivity index (χ2n) is 10.4. The summed E-state index contributed by atoms with van der Waals surface area (Å²) < 4.78 is 0. The molecular formula is C29H33ClN2O2S. The maximum atomic E-state index is 13.8. The van der Waals surface area contributed by atoms with Crippen molar-refractivity contribution in [3.63, 3.8) is 0 Å². The third-order valence-electron chi connectivity index (χ3n) is 6.64. The van der Waals surface area contributed by atoms with Crippen molar-refractivity contribution >= 4 is 34.8 Å². The van der Waals surface area contributed by atoms with Crippen LogP contribution in [0.3, 0.4) is 0 Å². The normalized spacial score (nSPS) is 15.7. The predicted molar refractivity (Wildman–Crippen MR) is 144 cm³/mol. The number of nitrogens with zero attached hydrogens (tertiary/aromatic N) is 2. The van der Waals surface area contributed by atoms with Gasteiger partial charge >= 0.3 is 0 Å². The van der Waals surface area contributed by atoms with Gasteiger partial charge in [-0.3, -0.25) is 9.59 Å². The molecule has 6 heteroatoms. The van der Waals surface area contributed by atoms with Crippen molar-refractivity contribution in [3.8, 4) is 0 Å². The van der Waals surface area contributed by atoms with E-state index in [0.717, 1.165) is 12.0 Å². The van der Waals surface area contributed by atoms with Gasteiger partial charge in [-0.15, -0.1) is 11.3 Å². The molecular weight excluding hydrogens is 476 g/mol. The van der Waals surface area contributed by atoms with Crippen LogP contribution in [0.5, 0.6) is 0 Å². The molecule has 1 unspecified atom stereocenters. The van der Waals surface area contributed by atoms with Crippen LogP contribution in [0, 0.1) is 0 Å². The Kier molecular flexibility index (Phi) is 7.39. The lowest BCUT2D eigenvalue weighted by atomic mass is 9.85. The average Bonchev–Trinajstić information content (AvgIpc) is 3.29. The summed E-state index contributed by atoms with van der Waals surface area (Å²) in [5.41, 5.74) is 4.11. The van der Waals surface area contributed by atoms with Crippen molar-refractivity contribution in [2.75, 3.05) is 13.1 Å². The first-order valence-electron chi connectivity index (χ1n) is 12.1. The number of amides is 2. The minimum Gasteiger partial charge on any atom is -0.330 e. The fourth-order valence-electron chi connectivity index (χ4n) is 4.62. The molecule has 0 fully saturated rings. The number of carbonyl (C=O) groups is 2. The molecule has 0 radical (unpaired) electrons. The monoisotopic (exact) mass is 508 g/mol. The van der Waals surface area contributed by atoms with Crippen LogP contribution >= 0.6 is 22.9 Å². The molecule has 3 aromatic rings. The smallest absolute Gasteiger partial charge is 0.254 e. The summed E-state index contributed by atoms with van der Waals surface area (Å²) in [6.07, 6.45) is 0.833. The Morgan fingerprint density at radius 1 is 1.11 bits per heavy atom. The van der Waals surface area contributed by atoms with Gasteiger partial charge in [0.15, 0.2) is 0 Å². The molecule has 4 nitrogen and oxygen atoms in total. The zero-order chi connectivity index (χ0) is 25.3. The van der Waals surface area contributed by atoms with Gasteiger partial charge in [-0.05, 0) is 72.0 Å². The second kappa shape index (κ2) is 10.2. The predicted octanol–water partition coefficient (Wildman–Crippen LogP) is 6.72. The van der Waals surface area contributed by atoms with Crippen LogP contribution in [-0.4, -0.2) is 40.7 Å². The van der Waals surface area contributed by atoms with Gasteiger partial charge in [-0.1, -0.05) is 62.7 Å². The summed E-state index contributed by atoms with van der Waals surface area (Å²) in [5, 5.41) is 2.61. The molecule has 1 atom stereocenters. The molecule has 0 aliphatic carbocycles. The number of hydrogen-bond donors (Lipinski definition) is 0. The van der Waals surface area contributed by atoms with Gasteiger partial charge in [0.05, 0.1) is 6.04 Å². The molecule has 4 rings (SSSR count). The molecule has 1 aliphatic heterocycles. The summed E-state index contributed by atoms with van der Waals surface area (Å²) in [6, 6.07) is 17.4. The highest BCUT2D eigenvalue weighted by Gasteiger charge is 2.34. The van der Waals surface area contributed by atoms with E-state index in [2.05, 4.69) is 56.5 Å². The molecule has 0 saturated carbocycles. The Hall–Kier alpha value is -2.63. The van der Waals surface area contributed by atoms with Gasteiger partial charge in [0.2, 0.25) is 5.91 Å². The molecule has 2 aromatic carbocycles. The zero-order valence-electron chi connectivity index (χ0n) is 21.0. The average molecular weight is 509 g/mol. The highest BCUT2D eigenvalue weighted by molar-refractivity contribution is 7.10. The minimum absolute atomic E-state index is 0.0268. The summed E-state index contributed by atoms with van der Waals surface area (Å²) in [4.78, 5) is 32.0. The van der Waals surface area contributed by atoms with E-state index in [1.54, 1.807) is 40.5 Å². The number of fused-ring (bicyclic) bond motifs is 1. The van der Waals surface area contributed by atoms with Crippen LogP contribution in [0.1, 0.15) is 72.6 Å². The summed E-state index contributed by atoms with van der Waals surface area (Å²) in [5.74, 6) is -0.231. The Balaban J connectivity index is 1.63. The van der Waals surface area contributed by atoms with E-state index in [-0.39, 0.29) is 35.9 Å². The summed E-state index contributed by atoms with van der Waals surface area (Å²) in [7, 11) is 0. The van der Waals surface area contributed by atoms with Crippen LogP contribution < -0.4 is 0 Å². The van der Waals surface area contributed by atoms with E-state index in [4.69, 9.17) is 11.6 Å². The van der Waals surface area contributed by atoms with Crippen molar-refractivity contribution in [2.45, 2.75) is 58.5 Å². The minimum atomic E-state index is -0.185. The van der Waals surface area contributed by atoms with E-state index in [9.17, 15) is 9.59 Å². The third-order valence-corrected chi connectivity index (χ3v) is 7.87. The van der Waals surface area contributed by atoms with Gasteiger partial charge in [0.25, 0.3) is 5.91 Å². The quantitative estimate of drug-likeness (QED) is 0.383. The molecule has 1 aromatic heterocycles. The number of carbonyl (C=O) groups excluding carboxylic acids is 2. The Bertz CT molecular complexity index is 1210. The molecule has 2 heterocycles. The van der Waals surface area contributed by atoms with Crippen molar-refractivity contribution in [3.05, 3.63) is 92.1 Å². The number of thiophene rings is 1. The largest absolute Gasteiger partial charge is 0.330 e. The van der Waals surface area contributed by atoms with Crippen molar-refractivity contribution in [1.82, 2.24) is 9.80 Å². The first kappa shape index (κ1) is 25.5. The van der Waals surface area contributed by atoms with Gasteiger partial charge in [0.1, 0.15) is 6.54 Å². The highest BCUT2D eigenvalue weighted by atomic mass is 35.5. The summed E-state index contributed by atoms with van der Waals surface area (Å²) >= 11 is 7.87. The van der Waals surface area contributed by atoms with Crippen LogP contribution in [0.4, 0.5) is 0 Å². The Morgan fingerprint density at radius 3 is 2.46 bits per heavy atom. The van der Waals surface area contributed by atoms with Gasteiger partial charge in [-0.25, -0.2) is 0 Å². The van der Waals surface area contributed by atoms with Gasteiger partial charge in [-0.2, -0.15) is 0 Å². The fraction of sp³-hybridized carbons (Fsp3) is 0.379. The second-order valence-corrected chi connectivity index (χ2v) is 11.9. The standard InChI is InChI=1S/C29H33ClN2O2S/c1-19(2)32(28(34)21-7-6-8-23(30)17-21)18-26(33)31-15-13-25-24(14-16-35-25)27(31)20-9-11-22(12-10-20)29(3,4)5/h6-12,14,16-17,19,27H,13,15,18H2,1-5H3. The molecule has 1 aliphatic rings. The topological polar surface area (TPSA) is 40.6 Å². The third kappa shape index (κ3) is 5.46. The number of halogens is 1. The van der Waals surface area contributed by atoms with Crippen LogP contribution in [0.15, 0.2) is 60.0 Å². The number of hydrogen-bond acceptors (Lipinski definition) is 3.